The van der Waals surface area contributed by atoms with E-state index in [-0.39, 0.29) is 18.2 Å². The second-order valence-corrected chi connectivity index (χ2v) is 5.67. The fourth-order valence-corrected chi connectivity index (χ4v) is 2.22. The van der Waals surface area contributed by atoms with E-state index in [4.69, 9.17) is 10.5 Å². The number of nitro benzene ring substituents is 1. The maximum atomic E-state index is 12.0. The molecule has 9 heteroatoms. The van der Waals surface area contributed by atoms with Gasteiger partial charge in [0.2, 0.25) is 5.91 Å². The number of nitro groups is 1. The number of ether oxygens (including phenoxy) is 1. The third-order valence-corrected chi connectivity index (χ3v) is 3.49. The van der Waals surface area contributed by atoms with Gasteiger partial charge in [-0.25, -0.2) is 0 Å². The first kappa shape index (κ1) is 19.7. The molecular formula is C18H20N4O5. The molecule has 0 bridgehead atoms. The highest BCUT2D eigenvalue weighted by Gasteiger charge is 2.06. The number of benzene rings is 2. The Morgan fingerprint density at radius 3 is 2.52 bits per heavy atom. The van der Waals surface area contributed by atoms with E-state index in [1.165, 1.54) is 12.1 Å². The highest BCUT2D eigenvalue weighted by molar-refractivity contribution is 5.90. The van der Waals surface area contributed by atoms with Gasteiger partial charge in [0.05, 0.1) is 4.92 Å². The van der Waals surface area contributed by atoms with Gasteiger partial charge in [-0.3, -0.25) is 19.7 Å². The Balaban J connectivity index is 1.72. The van der Waals surface area contributed by atoms with Gasteiger partial charge < -0.3 is 21.1 Å². The predicted molar refractivity (Wildman–Crippen MR) is 101 cm³/mol. The molecule has 0 aliphatic carbocycles. The number of nitrogens with one attached hydrogen (secondary N) is 2. The molecular weight excluding hydrogens is 352 g/mol. The van der Waals surface area contributed by atoms with E-state index in [2.05, 4.69) is 10.6 Å². The summed E-state index contributed by atoms with van der Waals surface area (Å²) in [4.78, 5) is 32.9. The van der Waals surface area contributed by atoms with Gasteiger partial charge in [-0.2, -0.15) is 0 Å². The molecule has 0 aliphatic rings. The Bertz CT molecular complexity index is 808. The van der Waals surface area contributed by atoms with Gasteiger partial charge in [0.1, 0.15) is 5.75 Å². The summed E-state index contributed by atoms with van der Waals surface area (Å²) in [5.41, 5.74) is 6.36. The van der Waals surface area contributed by atoms with Crippen LogP contribution in [0.2, 0.25) is 0 Å². The molecule has 0 heterocycles. The summed E-state index contributed by atoms with van der Waals surface area (Å²) in [7, 11) is 0. The van der Waals surface area contributed by atoms with Crippen LogP contribution in [0.5, 0.6) is 5.75 Å². The largest absolute Gasteiger partial charge is 0.484 e. The van der Waals surface area contributed by atoms with Crippen molar-refractivity contribution in [3.05, 3.63) is 58.6 Å². The molecule has 4 N–H and O–H groups in total. The van der Waals surface area contributed by atoms with E-state index < -0.39 is 10.8 Å². The minimum absolute atomic E-state index is 0.0296. The number of non-ortho nitro benzene ring substituents is 1. The van der Waals surface area contributed by atoms with E-state index in [1.807, 2.05) is 0 Å². The van der Waals surface area contributed by atoms with Crippen LogP contribution in [0.25, 0.3) is 0 Å². The Morgan fingerprint density at radius 2 is 1.85 bits per heavy atom. The molecule has 0 saturated heterocycles. The Labute approximate surface area is 155 Å². The third-order valence-electron chi connectivity index (χ3n) is 3.49. The van der Waals surface area contributed by atoms with Crippen molar-refractivity contribution in [2.45, 2.75) is 12.8 Å². The summed E-state index contributed by atoms with van der Waals surface area (Å²) in [6, 6.07) is 12.8. The zero-order chi connectivity index (χ0) is 19.6. The summed E-state index contributed by atoms with van der Waals surface area (Å²) in [5.74, 6) is -0.302. The van der Waals surface area contributed by atoms with Crippen LogP contribution in [0, 0.1) is 10.1 Å². The fourth-order valence-electron chi connectivity index (χ4n) is 2.22. The fraction of sp³-hybridized carbons (Fsp3) is 0.222. The second kappa shape index (κ2) is 9.76. The quantitative estimate of drug-likeness (QED) is 0.332. The van der Waals surface area contributed by atoms with Crippen molar-refractivity contribution in [2.24, 2.45) is 5.73 Å². The Kier molecular flexibility index (Phi) is 7.12. The number of rotatable bonds is 10. The molecule has 0 atom stereocenters. The second-order valence-electron chi connectivity index (χ2n) is 5.67. The van der Waals surface area contributed by atoms with Crippen LogP contribution in [0.1, 0.15) is 12.8 Å². The van der Waals surface area contributed by atoms with Crippen molar-refractivity contribution in [3.8, 4) is 5.75 Å². The number of carbonyl (C=O) groups excluding carboxylic acids is 2. The van der Waals surface area contributed by atoms with Gasteiger partial charge in [0, 0.05) is 42.5 Å². The summed E-state index contributed by atoms with van der Waals surface area (Å²) >= 11 is 0. The molecule has 0 unspecified atom stereocenters. The van der Waals surface area contributed by atoms with Crippen molar-refractivity contribution < 1.29 is 19.2 Å². The summed E-state index contributed by atoms with van der Waals surface area (Å²) in [6.45, 7) is 0.318. The molecule has 2 rings (SSSR count). The molecule has 2 aromatic rings. The summed E-state index contributed by atoms with van der Waals surface area (Å²) < 4.78 is 5.18. The average Bonchev–Trinajstić information content (AvgIpc) is 2.64. The zero-order valence-corrected chi connectivity index (χ0v) is 14.5. The van der Waals surface area contributed by atoms with Crippen molar-refractivity contribution in [1.29, 1.82) is 0 Å². The van der Waals surface area contributed by atoms with Crippen molar-refractivity contribution in [3.63, 3.8) is 0 Å². The first-order valence-electron chi connectivity index (χ1n) is 8.23. The molecule has 0 aliphatic heterocycles. The number of carbonyl (C=O) groups is 2. The molecule has 0 radical (unpaired) electrons. The van der Waals surface area contributed by atoms with E-state index >= 15 is 0 Å². The number of primary amides is 1. The number of anilines is 2. The highest BCUT2D eigenvalue weighted by atomic mass is 16.6. The average molecular weight is 372 g/mol. The lowest BCUT2D eigenvalue weighted by Crippen LogP contribution is -2.20. The molecule has 0 fully saturated rings. The molecule has 2 amide bonds. The standard InChI is InChI=1S/C18H20N4O5/c19-17(23)12-27-16-4-1-3-14(11-16)21-18(24)5-2-10-20-13-6-8-15(9-7-13)22(25)26/h1,3-4,6-9,11,20H,2,5,10,12H2,(H2,19,23)(H,21,24). The lowest BCUT2D eigenvalue weighted by atomic mass is 10.2. The lowest BCUT2D eigenvalue weighted by Gasteiger charge is -2.09. The SMILES string of the molecule is NC(=O)COc1cccc(NC(=O)CCCNc2ccc([N+](=O)[O-])cc2)c1. The molecule has 0 saturated carbocycles. The van der Waals surface area contributed by atoms with Crippen LogP contribution in [-0.2, 0) is 9.59 Å². The van der Waals surface area contributed by atoms with Gasteiger partial charge in [-0.05, 0) is 30.7 Å². The van der Waals surface area contributed by atoms with E-state index in [0.29, 0.717) is 30.8 Å². The number of hydrogen-bond donors (Lipinski definition) is 3. The maximum absolute atomic E-state index is 12.0. The van der Waals surface area contributed by atoms with Crippen molar-refractivity contribution >= 4 is 28.9 Å². The van der Waals surface area contributed by atoms with Crippen LogP contribution in [0.15, 0.2) is 48.5 Å². The first-order chi connectivity index (χ1) is 12.9. The number of nitrogens with zero attached hydrogens (tertiary/aromatic N) is 1. The third kappa shape index (κ3) is 7.02. The van der Waals surface area contributed by atoms with E-state index in [9.17, 15) is 19.7 Å². The van der Waals surface area contributed by atoms with Gasteiger partial charge >= 0.3 is 0 Å². The molecule has 2 aromatic carbocycles. The number of hydrogen-bond acceptors (Lipinski definition) is 6. The molecule has 27 heavy (non-hydrogen) atoms. The molecule has 142 valence electrons. The maximum Gasteiger partial charge on any atom is 0.269 e. The minimum Gasteiger partial charge on any atom is -0.484 e. The van der Waals surface area contributed by atoms with Crippen LogP contribution >= 0.6 is 0 Å². The van der Waals surface area contributed by atoms with E-state index in [1.54, 1.807) is 36.4 Å². The minimum atomic E-state index is -0.579. The summed E-state index contributed by atoms with van der Waals surface area (Å²) in [6.07, 6.45) is 0.882. The Hall–Kier alpha value is -3.62. The van der Waals surface area contributed by atoms with Gasteiger partial charge in [0.15, 0.2) is 6.61 Å². The first-order valence-corrected chi connectivity index (χ1v) is 8.23. The van der Waals surface area contributed by atoms with Crippen LogP contribution in [0.3, 0.4) is 0 Å². The highest BCUT2D eigenvalue weighted by Crippen LogP contribution is 2.18. The number of nitrogens with two attached hydrogens (primary N) is 1. The van der Waals surface area contributed by atoms with Crippen molar-refractivity contribution in [2.75, 3.05) is 23.8 Å². The van der Waals surface area contributed by atoms with Crippen LogP contribution in [-0.4, -0.2) is 29.9 Å². The molecule has 0 spiro atoms. The van der Waals surface area contributed by atoms with E-state index in [0.717, 1.165) is 5.69 Å². The predicted octanol–water partition coefficient (Wildman–Crippen LogP) is 2.29. The summed E-state index contributed by atoms with van der Waals surface area (Å²) in [5, 5.41) is 16.4. The lowest BCUT2D eigenvalue weighted by molar-refractivity contribution is -0.384. The normalized spacial score (nSPS) is 10.1. The van der Waals surface area contributed by atoms with Crippen LogP contribution < -0.4 is 21.1 Å². The smallest absolute Gasteiger partial charge is 0.269 e. The Morgan fingerprint density at radius 1 is 1.11 bits per heavy atom. The van der Waals surface area contributed by atoms with Crippen molar-refractivity contribution in [1.82, 2.24) is 0 Å². The molecule has 9 nitrogen and oxygen atoms in total. The topological polar surface area (TPSA) is 137 Å². The molecule has 0 aromatic heterocycles. The van der Waals surface area contributed by atoms with Crippen LogP contribution in [0.4, 0.5) is 17.1 Å². The zero-order valence-electron chi connectivity index (χ0n) is 14.5. The van der Waals surface area contributed by atoms with Gasteiger partial charge in [-0.1, -0.05) is 6.07 Å². The number of amides is 2. The monoisotopic (exact) mass is 372 g/mol. The van der Waals surface area contributed by atoms with Gasteiger partial charge in [0.25, 0.3) is 11.6 Å². The van der Waals surface area contributed by atoms with Gasteiger partial charge in [-0.15, -0.1) is 0 Å².